The fourth-order valence-electron chi connectivity index (χ4n) is 1.56. The van der Waals surface area contributed by atoms with Gasteiger partial charge in [-0.15, -0.1) is 0 Å². The van der Waals surface area contributed by atoms with Crippen LogP contribution in [0.3, 0.4) is 0 Å². The van der Waals surface area contributed by atoms with Crippen molar-refractivity contribution in [2.75, 3.05) is 10.7 Å². The maximum absolute atomic E-state index is 9.16. The quantitative estimate of drug-likeness (QED) is 0.413. The lowest BCUT2D eigenvalue weighted by molar-refractivity contribution is 0.0835. The minimum Gasteiger partial charge on any atom is -0.393 e. The van der Waals surface area contributed by atoms with Crippen molar-refractivity contribution in [3.8, 4) is 0 Å². The van der Waals surface area contributed by atoms with Crippen molar-refractivity contribution in [1.29, 1.82) is 0 Å². The first-order valence-corrected chi connectivity index (χ1v) is 4.94. The van der Waals surface area contributed by atoms with E-state index in [1.807, 2.05) is 6.92 Å². The van der Waals surface area contributed by atoms with Crippen LogP contribution in [-0.4, -0.2) is 27.2 Å². The molecule has 1 saturated carbocycles. The number of nitrogen functional groups attached to an aromatic ring is 1. The van der Waals surface area contributed by atoms with E-state index in [4.69, 9.17) is 10.9 Å². The van der Waals surface area contributed by atoms with E-state index in [9.17, 15) is 0 Å². The van der Waals surface area contributed by atoms with Crippen LogP contribution in [0.25, 0.3) is 0 Å². The van der Waals surface area contributed by atoms with E-state index in [-0.39, 0.29) is 6.10 Å². The van der Waals surface area contributed by atoms with Crippen LogP contribution >= 0.6 is 0 Å². The number of aliphatic hydroxyl groups is 1. The van der Waals surface area contributed by atoms with Gasteiger partial charge in [-0.1, -0.05) is 0 Å². The lowest BCUT2D eigenvalue weighted by Crippen LogP contribution is -2.39. The predicted octanol–water partition coefficient (Wildman–Crippen LogP) is 0.00582. The molecule has 0 amide bonds. The van der Waals surface area contributed by atoms with Gasteiger partial charge in [-0.25, -0.2) is 10.8 Å². The summed E-state index contributed by atoms with van der Waals surface area (Å²) in [5.41, 5.74) is 3.37. The molecule has 0 radical (unpaired) electrons. The molecule has 5 N–H and O–H groups in total. The molecule has 82 valence electrons. The number of rotatable bonds is 3. The monoisotopic (exact) mass is 209 g/mol. The van der Waals surface area contributed by atoms with Gasteiger partial charge in [-0.2, -0.15) is 4.98 Å². The van der Waals surface area contributed by atoms with Gasteiger partial charge in [0.2, 0.25) is 5.95 Å². The molecule has 0 aliphatic heterocycles. The predicted molar refractivity (Wildman–Crippen MR) is 57.2 cm³/mol. The average Bonchev–Trinajstić information content (AvgIpc) is 2.19. The van der Waals surface area contributed by atoms with Gasteiger partial charge in [0.15, 0.2) is 0 Å². The second-order valence-corrected chi connectivity index (χ2v) is 3.84. The minimum absolute atomic E-state index is 0.170. The molecule has 6 heteroatoms. The van der Waals surface area contributed by atoms with Gasteiger partial charge in [-0.3, -0.25) is 5.43 Å². The summed E-state index contributed by atoms with van der Waals surface area (Å²) in [5.74, 6) is 6.39. The van der Waals surface area contributed by atoms with Crippen LogP contribution in [0.1, 0.15) is 18.4 Å². The molecule has 6 nitrogen and oxygen atoms in total. The van der Waals surface area contributed by atoms with Gasteiger partial charge < -0.3 is 10.4 Å². The highest BCUT2D eigenvalue weighted by molar-refractivity contribution is 5.47. The number of aryl methyl sites for hydroxylation is 1. The molecule has 15 heavy (non-hydrogen) atoms. The number of hydrogen-bond acceptors (Lipinski definition) is 6. The second kappa shape index (κ2) is 4.00. The summed E-state index contributed by atoms with van der Waals surface area (Å²) in [6.45, 7) is 1.93. The molecule has 0 spiro atoms. The van der Waals surface area contributed by atoms with Crippen molar-refractivity contribution in [1.82, 2.24) is 9.97 Å². The first-order valence-electron chi connectivity index (χ1n) is 4.94. The number of nitrogens with one attached hydrogen (secondary N) is 2. The molecule has 1 aromatic heterocycles. The molecule has 0 bridgehead atoms. The fraction of sp³-hybridized carbons (Fsp3) is 0.556. The number of nitrogens with zero attached hydrogens (tertiary/aromatic N) is 2. The Bertz CT molecular complexity index is 350. The van der Waals surface area contributed by atoms with Gasteiger partial charge in [0.25, 0.3) is 0 Å². The van der Waals surface area contributed by atoms with E-state index in [0.717, 1.165) is 24.2 Å². The largest absolute Gasteiger partial charge is 0.393 e. The van der Waals surface area contributed by atoms with Crippen LogP contribution in [-0.2, 0) is 0 Å². The molecule has 1 heterocycles. The molecule has 1 aliphatic rings. The molecule has 0 atom stereocenters. The van der Waals surface area contributed by atoms with E-state index in [2.05, 4.69) is 20.7 Å². The standard InChI is InChI=1S/C9H15N5O/c1-5-4-11-9(14-10)13-8(5)12-6-2-7(15)3-6/h4,6-7,15H,2-3,10H2,1H3,(H2,11,12,13,14). The molecule has 1 fully saturated rings. The molecule has 0 unspecified atom stereocenters. The van der Waals surface area contributed by atoms with Crippen molar-refractivity contribution in [2.45, 2.75) is 31.9 Å². The fourth-order valence-corrected chi connectivity index (χ4v) is 1.56. The summed E-state index contributed by atoms with van der Waals surface area (Å²) in [5, 5.41) is 12.4. The van der Waals surface area contributed by atoms with Crippen LogP contribution in [0.2, 0.25) is 0 Å². The van der Waals surface area contributed by atoms with E-state index in [1.54, 1.807) is 6.20 Å². The highest BCUT2D eigenvalue weighted by Gasteiger charge is 2.27. The van der Waals surface area contributed by atoms with Gasteiger partial charge in [-0.05, 0) is 19.8 Å². The Balaban J connectivity index is 2.06. The number of nitrogens with two attached hydrogens (primary N) is 1. The molecule has 1 aliphatic carbocycles. The number of hydrogen-bond donors (Lipinski definition) is 4. The zero-order valence-electron chi connectivity index (χ0n) is 8.57. The molecule has 0 saturated heterocycles. The molecular formula is C9H15N5O. The summed E-state index contributed by atoms with van der Waals surface area (Å²) in [6.07, 6.45) is 3.08. The highest BCUT2D eigenvalue weighted by atomic mass is 16.3. The maximum Gasteiger partial charge on any atom is 0.239 e. The smallest absolute Gasteiger partial charge is 0.239 e. The zero-order chi connectivity index (χ0) is 10.8. The van der Waals surface area contributed by atoms with Gasteiger partial charge in [0.05, 0.1) is 6.10 Å². The maximum atomic E-state index is 9.16. The van der Waals surface area contributed by atoms with Crippen LogP contribution < -0.4 is 16.6 Å². The summed E-state index contributed by atoms with van der Waals surface area (Å²) >= 11 is 0. The second-order valence-electron chi connectivity index (χ2n) is 3.84. The van der Waals surface area contributed by atoms with E-state index >= 15 is 0 Å². The summed E-state index contributed by atoms with van der Waals surface area (Å²) < 4.78 is 0. The minimum atomic E-state index is -0.170. The van der Waals surface area contributed by atoms with Crippen molar-refractivity contribution in [3.63, 3.8) is 0 Å². The summed E-state index contributed by atoms with van der Waals surface area (Å²) in [7, 11) is 0. The Kier molecular flexibility index (Phi) is 2.70. The first-order chi connectivity index (χ1) is 7.19. The number of aromatic nitrogens is 2. The van der Waals surface area contributed by atoms with E-state index in [0.29, 0.717) is 12.0 Å². The Morgan fingerprint density at radius 1 is 1.53 bits per heavy atom. The van der Waals surface area contributed by atoms with Gasteiger partial charge in [0.1, 0.15) is 5.82 Å². The molecule has 0 aromatic carbocycles. The van der Waals surface area contributed by atoms with Crippen molar-refractivity contribution in [3.05, 3.63) is 11.8 Å². The zero-order valence-corrected chi connectivity index (χ0v) is 8.57. The van der Waals surface area contributed by atoms with Gasteiger partial charge >= 0.3 is 0 Å². The summed E-state index contributed by atoms with van der Waals surface area (Å²) in [6, 6.07) is 0.305. The molecular weight excluding hydrogens is 194 g/mol. The van der Waals surface area contributed by atoms with Crippen LogP contribution in [0.5, 0.6) is 0 Å². The third-order valence-electron chi connectivity index (χ3n) is 2.55. The summed E-state index contributed by atoms with van der Waals surface area (Å²) in [4.78, 5) is 8.18. The van der Waals surface area contributed by atoms with E-state index in [1.165, 1.54) is 0 Å². The lowest BCUT2D eigenvalue weighted by Gasteiger charge is -2.32. The number of aliphatic hydroxyl groups excluding tert-OH is 1. The van der Waals surface area contributed by atoms with Gasteiger partial charge in [0, 0.05) is 17.8 Å². The highest BCUT2D eigenvalue weighted by Crippen LogP contribution is 2.24. The third-order valence-corrected chi connectivity index (χ3v) is 2.55. The topological polar surface area (TPSA) is 96.1 Å². The Labute approximate surface area is 87.9 Å². The normalized spacial score (nSPS) is 24.5. The molecule has 2 rings (SSSR count). The van der Waals surface area contributed by atoms with Crippen LogP contribution in [0.4, 0.5) is 11.8 Å². The van der Waals surface area contributed by atoms with Crippen molar-refractivity contribution >= 4 is 11.8 Å². The third kappa shape index (κ3) is 2.16. The van der Waals surface area contributed by atoms with Crippen LogP contribution in [0, 0.1) is 6.92 Å². The molecule has 1 aromatic rings. The van der Waals surface area contributed by atoms with E-state index < -0.39 is 0 Å². The number of anilines is 2. The average molecular weight is 209 g/mol. The lowest BCUT2D eigenvalue weighted by atomic mass is 9.89. The Hall–Kier alpha value is -1.40. The first kappa shape index (κ1) is 10.1. The SMILES string of the molecule is Cc1cnc(NN)nc1NC1CC(O)C1. The van der Waals surface area contributed by atoms with Crippen molar-refractivity contribution < 1.29 is 5.11 Å². The van der Waals surface area contributed by atoms with Crippen LogP contribution in [0.15, 0.2) is 6.20 Å². The number of hydrazine groups is 1. The Morgan fingerprint density at radius 2 is 2.27 bits per heavy atom. The Morgan fingerprint density at radius 3 is 2.87 bits per heavy atom. The van der Waals surface area contributed by atoms with Crippen molar-refractivity contribution in [2.24, 2.45) is 5.84 Å².